The number of nitrogens with zero attached hydrogens (tertiary/aromatic N) is 1. The summed E-state index contributed by atoms with van der Waals surface area (Å²) in [5.74, 6) is 0.693. The van der Waals surface area contributed by atoms with Crippen LogP contribution in [0.3, 0.4) is 0 Å². The highest BCUT2D eigenvalue weighted by atomic mass is 16.5. The van der Waals surface area contributed by atoms with Crippen LogP contribution >= 0.6 is 0 Å². The van der Waals surface area contributed by atoms with E-state index in [1.165, 1.54) is 5.56 Å². The highest BCUT2D eigenvalue weighted by Gasteiger charge is 2.07. The van der Waals surface area contributed by atoms with Crippen LogP contribution in [0.2, 0.25) is 0 Å². The predicted molar refractivity (Wildman–Crippen MR) is 112 cm³/mol. The highest BCUT2D eigenvalue weighted by molar-refractivity contribution is 5.94. The molecule has 3 rings (SSSR count). The van der Waals surface area contributed by atoms with E-state index in [1.54, 1.807) is 19.5 Å². The Bertz CT molecular complexity index is 906. The number of hydrogen-bond acceptors (Lipinski definition) is 4. The van der Waals surface area contributed by atoms with Gasteiger partial charge in [-0.3, -0.25) is 9.78 Å². The van der Waals surface area contributed by atoms with Gasteiger partial charge >= 0.3 is 0 Å². The first-order valence-electron chi connectivity index (χ1n) is 9.40. The maximum atomic E-state index is 12.4. The van der Waals surface area contributed by atoms with Crippen molar-refractivity contribution in [2.75, 3.05) is 19.0 Å². The molecule has 3 aromatic rings. The normalized spacial score (nSPS) is 10.4. The molecule has 144 valence electrons. The third kappa shape index (κ3) is 5.33. The van der Waals surface area contributed by atoms with E-state index in [9.17, 15) is 4.79 Å². The van der Waals surface area contributed by atoms with Gasteiger partial charge in [0.1, 0.15) is 5.75 Å². The smallest absolute Gasteiger partial charge is 0.252 e. The number of rotatable bonds is 8. The molecule has 2 N–H and O–H groups in total. The summed E-state index contributed by atoms with van der Waals surface area (Å²) in [4.78, 5) is 16.6. The first-order chi connectivity index (χ1) is 13.7. The van der Waals surface area contributed by atoms with E-state index in [2.05, 4.69) is 34.7 Å². The van der Waals surface area contributed by atoms with Gasteiger partial charge in [0.05, 0.1) is 24.6 Å². The molecular weight excluding hydrogens is 350 g/mol. The molecule has 1 heterocycles. The number of methoxy groups -OCH3 is 1. The van der Waals surface area contributed by atoms with Crippen molar-refractivity contribution in [2.45, 2.75) is 19.8 Å². The summed E-state index contributed by atoms with van der Waals surface area (Å²) in [6.07, 6.45) is 5.05. The van der Waals surface area contributed by atoms with Crippen LogP contribution in [-0.4, -0.2) is 24.5 Å². The van der Waals surface area contributed by atoms with Crippen molar-refractivity contribution in [3.05, 3.63) is 83.7 Å². The lowest BCUT2D eigenvalue weighted by molar-refractivity contribution is 0.0954. The number of ether oxygens (including phenoxy) is 1. The molecule has 2 aromatic carbocycles. The number of amides is 1. The van der Waals surface area contributed by atoms with Gasteiger partial charge in [0.25, 0.3) is 5.91 Å². The summed E-state index contributed by atoms with van der Waals surface area (Å²) in [6, 6.07) is 17.9. The summed E-state index contributed by atoms with van der Waals surface area (Å²) in [7, 11) is 1.65. The van der Waals surface area contributed by atoms with Crippen LogP contribution in [0.1, 0.15) is 28.4 Å². The lowest BCUT2D eigenvalue weighted by atomic mass is 10.1. The molecule has 0 atom stereocenters. The molecule has 0 saturated carbocycles. The van der Waals surface area contributed by atoms with Gasteiger partial charge in [-0.05, 0) is 54.3 Å². The van der Waals surface area contributed by atoms with Gasteiger partial charge in [0, 0.05) is 18.4 Å². The van der Waals surface area contributed by atoms with Crippen LogP contribution in [-0.2, 0) is 12.8 Å². The fraction of sp³-hybridized carbons (Fsp3) is 0.217. The Morgan fingerprint density at radius 2 is 1.68 bits per heavy atom. The molecule has 0 unspecified atom stereocenters. The molecule has 0 spiro atoms. The molecule has 0 aliphatic carbocycles. The second-order valence-electron chi connectivity index (χ2n) is 6.49. The zero-order valence-corrected chi connectivity index (χ0v) is 16.2. The molecule has 0 aliphatic rings. The van der Waals surface area contributed by atoms with Gasteiger partial charge in [0.2, 0.25) is 0 Å². The van der Waals surface area contributed by atoms with Crippen molar-refractivity contribution in [3.8, 4) is 5.75 Å². The quantitative estimate of drug-likeness (QED) is 0.614. The number of pyridine rings is 1. The van der Waals surface area contributed by atoms with Crippen molar-refractivity contribution < 1.29 is 9.53 Å². The Kier molecular flexibility index (Phi) is 6.63. The summed E-state index contributed by atoms with van der Waals surface area (Å²) >= 11 is 0. The molecule has 5 heteroatoms. The van der Waals surface area contributed by atoms with Crippen LogP contribution in [0.4, 0.5) is 11.4 Å². The van der Waals surface area contributed by atoms with E-state index < -0.39 is 0 Å². The molecule has 5 nitrogen and oxygen atoms in total. The summed E-state index contributed by atoms with van der Waals surface area (Å²) < 4.78 is 5.15. The Hall–Kier alpha value is -3.34. The molecule has 0 bridgehead atoms. The molecular formula is C23H25N3O2. The first kappa shape index (κ1) is 19.4. The maximum Gasteiger partial charge on any atom is 0.252 e. The molecule has 1 aromatic heterocycles. The van der Waals surface area contributed by atoms with Gasteiger partial charge in [0.15, 0.2) is 0 Å². The maximum absolute atomic E-state index is 12.4. The van der Waals surface area contributed by atoms with E-state index in [-0.39, 0.29) is 5.91 Å². The number of aryl methyl sites for hydroxylation is 1. The van der Waals surface area contributed by atoms with E-state index in [4.69, 9.17) is 4.74 Å². The largest absolute Gasteiger partial charge is 0.497 e. The zero-order valence-electron chi connectivity index (χ0n) is 16.2. The number of anilines is 2. The van der Waals surface area contributed by atoms with E-state index in [1.807, 2.05) is 42.5 Å². The molecule has 0 fully saturated rings. The Labute approximate surface area is 165 Å². The van der Waals surface area contributed by atoms with Crippen molar-refractivity contribution in [1.29, 1.82) is 0 Å². The van der Waals surface area contributed by atoms with Crippen LogP contribution in [0.25, 0.3) is 0 Å². The lowest BCUT2D eigenvalue weighted by Crippen LogP contribution is -2.25. The third-order valence-corrected chi connectivity index (χ3v) is 4.51. The van der Waals surface area contributed by atoms with Crippen LogP contribution < -0.4 is 15.4 Å². The summed E-state index contributed by atoms with van der Waals surface area (Å²) in [5, 5.41) is 6.23. The number of hydrogen-bond donors (Lipinski definition) is 2. The Balaban J connectivity index is 1.55. The van der Waals surface area contributed by atoms with Crippen molar-refractivity contribution in [2.24, 2.45) is 0 Å². The van der Waals surface area contributed by atoms with Gasteiger partial charge in [-0.15, -0.1) is 0 Å². The number of benzene rings is 2. The SMILES string of the molecule is CCc1ccc(Nc2cncc(C(=O)NCCc3ccc(OC)cc3)c2)cc1. The van der Waals surface area contributed by atoms with E-state index in [0.717, 1.165) is 35.5 Å². The van der Waals surface area contributed by atoms with Gasteiger partial charge in [-0.1, -0.05) is 31.2 Å². The molecule has 1 amide bonds. The van der Waals surface area contributed by atoms with Crippen molar-refractivity contribution in [3.63, 3.8) is 0 Å². The van der Waals surface area contributed by atoms with Crippen LogP contribution in [0.15, 0.2) is 67.0 Å². The molecule has 0 saturated heterocycles. The monoisotopic (exact) mass is 375 g/mol. The minimum atomic E-state index is -0.133. The minimum absolute atomic E-state index is 0.133. The molecule has 28 heavy (non-hydrogen) atoms. The summed E-state index contributed by atoms with van der Waals surface area (Å²) in [6.45, 7) is 2.68. The average Bonchev–Trinajstić information content (AvgIpc) is 2.75. The van der Waals surface area contributed by atoms with Gasteiger partial charge in [-0.2, -0.15) is 0 Å². The fourth-order valence-corrected chi connectivity index (χ4v) is 2.84. The standard InChI is InChI=1S/C23H25N3O2/c1-3-17-4-8-20(9-5-17)26-21-14-19(15-24-16-21)23(27)25-13-12-18-6-10-22(28-2)11-7-18/h4-11,14-16,26H,3,12-13H2,1-2H3,(H,25,27). The second-order valence-corrected chi connectivity index (χ2v) is 6.49. The first-order valence-corrected chi connectivity index (χ1v) is 9.40. The third-order valence-electron chi connectivity index (χ3n) is 4.51. The topological polar surface area (TPSA) is 63.2 Å². The zero-order chi connectivity index (χ0) is 19.8. The van der Waals surface area contributed by atoms with E-state index >= 15 is 0 Å². The average molecular weight is 375 g/mol. The highest BCUT2D eigenvalue weighted by Crippen LogP contribution is 2.18. The van der Waals surface area contributed by atoms with E-state index in [0.29, 0.717) is 12.1 Å². The van der Waals surface area contributed by atoms with Gasteiger partial charge < -0.3 is 15.4 Å². The minimum Gasteiger partial charge on any atom is -0.497 e. The predicted octanol–water partition coefficient (Wildman–Crippen LogP) is 4.37. The van der Waals surface area contributed by atoms with Crippen LogP contribution in [0.5, 0.6) is 5.75 Å². The second kappa shape index (κ2) is 9.55. The molecule has 0 aliphatic heterocycles. The van der Waals surface area contributed by atoms with Gasteiger partial charge in [-0.25, -0.2) is 0 Å². The van der Waals surface area contributed by atoms with Crippen molar-refractivity contribution in [1.82, 2.24) is 10.3 Å². The molecule has 0 radical (unpaired) electrons. The number of nitrogens with one attached hydrogen (secondary N) is 2. The number of carbonyl (C=O) groups excluding carboxylic acids is 1. The van der Waals surface area contributed by atoms with Crippen LogP contribution in [0, 0.1) is 0 Å². The van der Waals surface area contributed by atoms with Crippen molar-refractivity contribution >= 4 is 17.3 Å². The Morgan fingerprint density at radius 3 is 2.36 bits per heavy atom. The lowest BCUT2D eigenvalue weighted by Gasteiger charge is -2.09. The number of aromatic nitrogens is 1. The fourth-order valence-electron chi connectivity index (χ4n) is 2.84. The summed E-state index contributed by atoms with van der Waals surface area (Å²) in [5.41, 5.74) is 4.71. The Morgan fingerprint density at radius 1 is 0.964 bits per heavy atom. The number of carbonyl (C=O) groups is 1.